The summed E-state index contributed by atoms with van der Waals surface area (Å²) in [5.41, 5.74) is 2.83. The van der Waals surface area contributed by atoms with Gasteiger partial charge in [0, 0.05) is 23.2 Å². The number of furan rings is 1. The number of nitrogens with one attached hydrogen (secondary N) is 1. The molecule has 2 aromatic heterocycles. The topological polar surface area (TPSA) is 51.0 Å². The molecule has 1 aliphatic rings. The van der Waals surface area contributed by atoms with E-state index in [0.717, 1.165) is 34.6 Å². The summed E-state index contributed by atoms with van der Waals surface area (Å²) in [6.07, 6.45) is 6.12. The first-order valence-electron chi connectivity index (χ1n) is 6.92. The molecule has 0 saturated heterocycles. The zero-order valence-electron chi connectivity index (χ0n) is 11.0. The molecule has 0 spiro atoms. The van der Waals surface area contributed by atoms with E-state index in [1.807, 2.05) is 30.5 Å². The minimum atomic E-state index is 0.664. The Hall–Kier alpha value is -2.20. The van der Waals surface area contributed by atoms with Crippen LogP contribution in [0, 0.1) is 0 Å². The monoisotopic (exact) mass is 265 g/mol. The van der Waals surface area contributed by atoms with Crippen molar-refractivity contribution in [3.05, 3.63) is 48.6 Å². The lowest BCUT2D eigenvalue weighted by molar-refractivity contribution is 0.616. The maximum Gasteiger partial charge on any atom is 0.142 e. The number of para-hydroxylation sites is 1. The average Bonchev–Trinajstić information content (AvgIpc) is 3.23. The molecule has 100 valence electrons. The Labute approximate surface area is 116 Å². The van der Waals surface area contributed by atoms with Gasteiger partial charge in [-0.1, -0.05) is 18.2 Å². The van der Waals surface area contributed by atoms with Crippen LogP contribution in [-0.4, -0.2) is 16.0 Å². The van der Waals surface area contributed by atoms with Gasteiger partial charge in [-0.3, -0.25) is 0 Å². The van der Waals surface area contributed by atoms with Crippen LogP contribution in [0.3, 0.4) is 0 Å². The number of aromatic nitrogens is 2. The van der Waals surface area contributed by atoms with Crippen LogP contribution in [0.5, 0.6) is 0 Å². The number of nitrogens with zero attached hydrogens (tertiary/aromatic N) is 2. The van der Waals surface area contributed by atoms with E-state index in [1.54, 1.807) is 6.26 Å². The predicted molar refractivity (Wildman–Crippen MR) is 77.1 cm³/mol. The number of hydrogen-bond donors (Lipinski definition) is 1. The molecule has 1 N–H and O–H groups in total. The summed E-state index contributed by atoms with van der Waals surface area (Å²) in [5.74, 6) is 0.833. The molecular weight excluding hydrogens is 250 g/mol. The summed E-state index contributed by atoms with van der Waals surface area (Å²) in [6, 6.07) is 10.6. The standard InChI is InChI=1S/C16H15N3O/c1-2-4-15-12(3-1)13(10-20-15)14-7-8-17-16(19-14)9-18-11-5-6-11/h1-4,7-8,10-11,18H,5-6,9H2. The molecule has 0 aliphatic heterocycles. The molecule has 2 heterocycles. The third kappa shape index (κ3) is 2.18. The van der Waals surface area contributed by atoms with Crippen molar-refractivity contribution < 1.29 is 4.42 Å². The van der Waals surface area contributed by atoms with Crippen LogP contribution in [0.2, 0.25) is 0 Å². The van der Waals surface area contributed by atoms with Crippen LogP contribution in [0.4, 0.5) is 0 Å². The molecule has 0 radical (unpaired) electrons. The SMILES string of the molecule is c1ccc2c(-c3ccnc(CNC4CC4)n3)coc2c1. The van der Waals surface area contributed by atoms with Crippen LogP contribution >= 0.6 is 0 Å². The van der Waals surface area contributed by atoms with E-state index in [4.69, 9.17) is 4.42 Å². The van der Waals surface area contributed by atoms with Crippen molar-refractivity contribution in [1.29, 1.82) is 0 Å². The van der Waals surface area contributed by atoms with Gasteiger partial charge in [-0.05, 0) is 25.0 Å². The molecule has 0 atom stereocenters. The third-order valence-corrected chi connectivity index (χ3v) is 3.59. The minimum Gasteiger partial charge on any atom is -0.464 e. The minimum absolute atomic E-state index is 0.664. The van der Waals surface area contributed by atoms with Gasteiger partial charge in [0.05, 0.1) is 12.2 Å². The molecule has 0 bridgehead atoms. The second-order valence-electron chi connectivity index (χ2n) is 5.16. The normalized spacial score (nSPS) is 14.8. The van der Waals surface area contributed by atoms with Crippen molar-refractivity contribution in [3.63, 3.8) is 0 Å². The van der Waals surface area contributed by atoms with Crippen LogP contribution in [0.25, 0.3) is 22.2 Å². The Morgan fingerprint density at radius 1 is 1.20 bits per heavy atom. The maximum absolute atomic E-state index is 5.58. The zero-order valence-corrected chi connectivity index (χ0v) is 11.0. The summed E-state index contributed by atoms with van der Waals surface area (Å²) in [7, 11) is 0. The molecule has 1 saturated carbocycles. The van der Waals surface area contributed by atoms with Gasteiger partial charge in [-0.25, -0.2) is 9.97 Å². The van der Waals surface area contributed by atoms with E-state index in [9.17, 15) is 0 Å². The highest BCUT2D eigenvalue weighted by molar-refractivity contribution is 5.92. The molecule has 0 amide bonds. The third-order valence-electron chi connectivity index (χ3n) is 3.59. The van der Waals surface area contributed by atoms with Gasteiger partial charge in [0.25, 0.3) is 0 Å². The van der Waals surface area contributed by atoms with Crippen molar-refractivity contribution in [1.82, 2.24) is 15.3 Å². The fourth-order valence-electron chi connectivity index (χ4n) is 2.33. The summed E-state index contributed by atoms with van der Waals surface area (Å²) in [6.45, 7) is 0.730. The summed E-state index contributed by atoms with van der Waals surface area (Å²) >= 11 is 0. The first kappa shape index (κ1) is 11.6. The van der Waals surface area contributed by atoms with Gasteiger partial charge in [-0.2, -0.15) is 0 Å². The number of fused-ring (bicyclic) bond motifs is 1. The molecule has 1 aliphatic carbocycles. The van der Waals surface area contributed by atoms with Gasteiger partial charge in [0.15, 0.2) is 0 Å². The highest BCUT2D eigenvalue weighted by Gasteiger charge is 2.20. The lowest BCUT2D eigenvalue weighted by Gasteiger charge is -2.03. The summed E-state index contributed by atoms with van der Waals surface area (Å²) in [5, 5.41) is 4.52. The smallest absolute Gasteiger partial charge is 0.142 e. The van der Waals surface area contributed by atoms with E-state index >= 15 is 0 Å². The van der Waals surface area contributed by atoms with Crippen LogP contribution < -0.4 is 5.32 Å². The zero-order chi connectivity index (χ0) is 13.4. The van der Waals surface area contributed by atoms with E-state index in [0.29, 0.717) is 6.04 Å². The molecular formula is C16H15N3O. The van der Waals surface area contributed by atoms with E-state index in [-0.39, 0.29) is 0 Å². The molecule has 1 fully saturated rings. The van der Waals surface area contributed by atoms with Gasteiger partial charge in [0.1, 0.15) is 17.7 Å². The molecule has 0 unspecified atom stereocenters. The van der Waals surface area contributed by atoms with Crippen molar-refractivity contribution in [3.8, 4) is 11.3 Å². The maximum atomic E-state index is 5.58. The molecule has 1 aromatic carbocycles. The van der Waals surface area contributed by atoms with Crippen LogP contribution in [-0.2, 0) is 6.54 Å². The summed E-state index contributed by atoms with van der Waals surface area (Å²) < 4.78 is 5.58. The molecule has 20 heavy (non-hydrogen) atoms. The van der Waals surface area contributed by atoms with Crippen LogP contribution in [0.1, 0.15) is 18.7 Å². The first-order chi connectivity index (χ1) is 9.90. The van der Waals surface area contributed by atoms with Crippen LogP contribution in [0.15, 0.2) is 47.2 Å². The number of benzene rings is 1. The lowest BCUT2D eigenvalue weighted by Crippen LogP contribution is -2.17. The molecule has 4 nitrogen and oxygen atoms in total. The highest BCUT2D eigenvalue weighted by atomic mass is 16.3. The Balaban J connectivity index is 1.68. The first-order valence-corrected chi connectivity index (χ1v) is 6.92. The predicted octanol–water partition coefficient (Wildman–Crippen LogP) is 3.14. The Kier molecular flexibility index (Phi) is 2.74. The lowest BCUT2D eigenvalue weighted by atomic mass is 10.1. The van der Waals surface area contributed by atoms with Gasteiger partial charge >= 0.3 is 0 Å². The fraction of sp³-hybridized carbons (Fsp3) is 0.250. The van der Waals surface area contributed by atoms with Gasteiger partial charge in [-0.15, -0.1) is 0 Å². The van der Waals surface area contributed by atoms with Crippen molar-refractivity contribution in [2.24, 2.45) is 0 Å². The molecule has 3 aromatic rings. The van der Waals surface area contributed by atoms with Gasteiger partial charge < -0.3 is 9.73 Å². The summed E-state index contributed by atoms with van der Waals surface area (Å²) in [4.78, 5) is 8.96. The van der Waals surface area contributed by atoms with Crippen molar-refractivity contribution in [2.75, 3.05) is 0 Å². The number of hydrogen-bond acceptors (Lipinski definition) is 4. The van der Waals surface area contributed by atoms with Crippen molar-refractivity contribution in [2.45, 2.75) is 25.4 Å². The highest BCUT2D eigenvalue weighted by Crippen LogP contribution is 2.29. The second kappa shape index (κ2) is 4.72. The Morgan fingerprint density at radius 3 is 3.00 bits per heavy atom. The van der Waals surface area contributed by atoms with E-state index in [2.05, 4.69) is 21.4 Å². The number of rotatable bonds is 4. The fourth-order valence-corrected chi connectivity index (χ4v) is 2.33. The largest absolute Gasteiger partial charge is 0.464 e. The second-order valence-corrected chi connectivity index (χ2v) is 5.16. The van der Waals surface area contributed by atoms with E-state index < -0.39 is 0 Å². The average molecular weight is 265 g/mol. The van der Waals surface area contributed by atoms with E-state index in [1.165, 1.54) is 12.8 Å². The quantitative estimate of drug-likeness (QED) is 0.787. The van der Waals surface area contributed by atoms with Gasteiger partial charge in [0.2, 0.25) is 0 Å². The Bertz CT molecular complexity index is 746. The molecule has 4 heteroatoms. The molecule has 4 rings (SSSR count). The van der Waals surface area contributed by atoms with Crippen molar-refractivity contribution >= 4 is 11.0 Å². The Morgan fingerprint density at radius 2 is 2.10 bits per heavy atom.